The first-order valence-corrected chi connectivity index (χ1v) is 13.8. The minimum atomic E-state index is -3.85. The van der Waals surface area contributed by atoms with Gasteiger partial charge in [-0.1, -0.05) is 84.4 Å². The number of carbonyl (C=O) groups excluding carboxylic acids is 2. The molecule has 0 aromatic heterocycles. The van der Waals surface area contributed by atoms with Crippen molar-refractivity contribution in [1.82, 2.24) is 0 Å². The fourth-order valence-electron chi connectivity index (χ4n) is 4.24. The summed E-state index contributed by atoms with van der Waals surface area (Å²) in [6.45, 7) is -0.229. The van der Waals surface area contributed by atoms with E-state index >= 15 is 0 Å². The van der Waals surface area contributed by atoms with Crippen LogP contribution in [0.2, 0.25) is 5.02 Å². The number of ketones is 1. The van der Waals surface area contributed by atoms with Gasteiger partial charge in [-0.2, -0.15) is 0 Å². The van der Waals surface area contributed by atoms with E-state index in [0.29, 0.717) is 21.8 Å². The van der Waals surface area contributed by atoms with Crippen molar-refractivity contribution in [3.05, 3.63) is 125 Å². The quantitative estimate of drug-likeness (QED) is 0.317. The molecule has 1 aliphatic rings. The van der Waals surface area contributed by atoms with Gasteiger partial charge in [0.1, 0.15) is 5.75 Å². The predicted octanol–water partition coefficient (Wildman–Crippen LogP) is 5.31. The lowest BCUT2D eigenvalue weighted by Gasteiger charge is -2.34. The van der Waals surface area contributed by atoms with Gasteiger partial charge in [-0.25, -0.2) is 8.42 Å². The van der Waals surface area contributed by atoms with E-state index < -0.39 is 22.0 Å². The molecule has 192 valence electrons. The Morgan fingerprint density at radius 2 is 1.55 bits per heavy atom. The van der Waals surface area contributed by atoms with E-state index in [9.17, 15) is 18.0 Å². The number of benzene rings is 4. The van der Waals surface area contributed by atoms with E-state index in [4.69, 9.17) is 16.3 Å². The number of nitrogens with zero attached hydrogens (tertiary/aromatic N) is 1. The molecule has 38 heavy (non-hydrogen) atoms. The molecule has 0 saturated carbocycles. The molecule has 1 atom stereocenters. The summed E-state index contributed by atoms with van der Waals surface area (Å²) >= 11 is 6.16. The standard InChI is InChI=1S/C29H23ClN2O5S/c30-22-15-16-24(23(17-22)28(33)21-11-5-2-6-12-21)31-29(34)27-18-32(25-13-7-8-14-26(25)37-27)38(35,36)19-20-9-3-1-4-10-20/h1-17,27H,18-19H2,(H,31,34)/t27-/m0/s1. The highest BCUT2D eigenvalue weighted by Gasteiger charge is 2.37. The van der Waals surface area contributed by atoms with Crippen LogP contribution in [-0.4, -0.2) is 32.8 Å². The molecular weight excluding hydrogens is 524 g/mol. The number of rotatable bonds is 7. The van der Waals surface area contributed by atoms with Crippen LogP contribution >= 0.6 is 11.6 Å². The van der Waals surface area contributed by atoms with Crippen LogP contribution in [0.3, 0.4) is 0 Å². The second kappa shape index (κ2) is 10.7. The van der Waals surface area contributed by atoms with E-state index in [-0.39, 0.29) is 35.1 Å². The molecule has 0 bridgehead atoms. The minimum absolute atomic E-state index is 0.210. The van der Waals surface area contributed by atoms with Gasteiger partial charge in [0.25, 0.3) is 5.91 Å². The maximum absolute atomic E-state index is 13.5. The van der Waals surface area contributed by atoms with Crippen LogP contribution in [0.1, 0.15) is 21.5 Å². The Morgan fingerprint density at radius 1 is 0.895 bits per heavy atom. The monoisotopic (exact) mass is 546 g/mol. The van der Waals surface area contributed by atoms with Gasteiger partial charge in [-0.05, 0) is 35.9 Å². The summed E-state index contributed by atoms with van der Waals surface area (Å²) in [6, 6.07) is 28.7. The molecule has 0 unspecified atom stereocenters. The van der Waals surface area contributed by atoms with Crippen molar-refractivity contribution in [1.29, 1.82) is 0 Å². The zero-order valence-corrected chi connectivity index (χ0v) is 21.7. The molecular formula is C29H23ClN2O5S. The third-order valence-corrected chi connectivity index (χ3v) is 8.03. The lowest BCUT2D eigenvalue weighted by atomic mass is 10.0. The minimum Gasteiger partial charge on any atom is -0.476 e. The largest absolute Gasteiger partial charge is 0.476 e. The number of hydrogen-bond acceptors (Lipinski definition) is 5. The van der Waals surface area contributed by atoms with E-state index in [0.717, 1.165) is 0 Å². The third-order valence-electron chi connectivity index (χ3n) is 6.08. The number of fused-ring (bicyclic) bond motifs is 1. The Bertz CT molecular complexity index is 1590. The highest BCUT2D eigenvalue weighted by molar-refractivity contribution is 7.92. The van der Waals surface area contributed by atoms with Gasteiger partial charge >= 0.3 is 0 Å². The van der Waals surface area contributed by atoms with Crippen molar-refractivity contribution >= 4 is 44.7 Å². The average molecular weight is 547 g/mol. The van der Waals surface area contributed by atoms with E-state index in [2.05, 4.69) is 5.32 Å². The number of halogens is 1. The summed E-state index contributed by atoms with van der Waals surface area (Å²) in [5, 5.41) is 3.08. The molecule has 9 heteroatoms. The van der Waals surface area contributed by atoms with Gasteiger partial charge in [0.15, 0.2) is 11.9 Å². The van der Waals surface area contributed by atoms with Crippen molar-refractivity contribution in [2.24, 2.45) is 0 Å². The summed E-state index contributed by atoms with van der Waals surface area (Å²) in [7, 11) is -3.85. The van der Waals surface area contributed by atoms with Crippen LogP contribution in [0.5, 0.6) is 5.75 Å². The van der Waals surface area contributed by atoms with Gasteiger partial charge in [0.05, 0.1) is 23.7 Å². The van der Waals surface area contributed by atoms with Crippen molar-refractivity contribution < 1.29 is 22.7 Å². The molecule has 1 heterocycles. The molecule has 5 rings (SSSR count). The Labute approximate surface area is 225 Å². The first-order chi connectivity index (χ1) is 18.3. The molecule has 0 fully saturated rings. The van der Waals surface area contributed by atoms with E-state index in [1.54, 1.807) is 84.9 Å². The summed E-state index contributed by atoms with van der Waals surface area (Å²) in [4.78, 5) is 26.6. The molecule has 0 radical (unpaired) electrons. The van der Waals surface area contributed by atoms with Crippen molar-refractivity contribution in [3.8, 4) is 5.75 Å². The maximum atomic E-state index is 13.5. The fourth-order valence-corrected chi connectivity index (χ4v) is 5.99. The zero-order chi connectivity index (χ0) is 26.7. The van der Waals surface area contributed by atoms with Crippen LogP contribution in [0.15, 0.2) is 103 Å². The number of anilines is 2. The SMILES string of the molecule is O=C(c1ccccc1)c1cc(Cl)ccc1NC(=O)[C@@H]1CN(S(=O)(=O)Cc2ccccc2)c2ccccc2O1. The van der Waals surface area contributed by atoms with Gasteiger partial charge < -0.3 is 10.1 Å². The Kier molecular flexibility index (Phi) is 7.18. The van der Waals surface area contributed by atoms with Crippen molar-refractivity contribution in [2.45, 2.75) is 11.9 Å². The highest BCUT2D eigenvalue weighted by Crippen LogP contribution is 2.36. The lowest BCUT2D eigenvalue weighted by molar-refractivity contribution is -0.122. The summed E-state index contributed by atoms with van der Waals surface area (Å²) in [5.74, 6) is -0.870. The van der Waals surface area contributed by atoms with Crippen LogP contribution < -0.4 is 14.4 Å². The molecule has 1 amide bonds. The predicted molar refractivity (Wildman–Crippen MR) is 147 cm³/mol. The molecule has 0 spiro atoms. The topological polar surface area (TPSA) is 92.8 Å². The number of sulfonamides is 1. The highest BCUT2D eigenvalue weighted by atomic mass is 35.5. The molecule has 0 saturated heterocycles. The molecule has 1 N–H and O–H groups in total. The van der Waals surface area contributed by atoms with Gasteiger partial charge in [-0.3, -0.25) is 13.9 Å². The second-order valence-electron chi connectivity index (χ2n) is 8.72. The zero-order valence-electron chi connectivity index (χ0n) is 20.1. The summed E-state index contributed by atoms with van der Waals surface area (Å²) in [6.07, 6.45) is -1.16. The van der Waals surface area contributed by atoms with Crippen molar-refractivity contribution in [3.63, 3.8) is 0 Å². The van der Waals surface area contributed by atoms with Gasteiger partial charge in [0.2, 0.25) is 10.0 Å². The molecule has 0 aliphatic carbocycles. The van der Waals surface area contributed by atoms with Crippen LogP contribution in [0.25, 0.3) is 0 Å². The summed E-state index contributed by atoms with van der Waals surface area (Å²) < 4.78 is 34.1. The molecule has 1 aliphatic heterocycles. The molecule has 4 aromatic carbocycles. The average Bonchev–Trinajstić information content (AvgIpc) is 2.93. The number of nitrogens with one attached hydrogen (secondary N) is 1. The smallest absolute Gasteiger partial charge is 0.267 e. The summed E-state index contributed by atoms with van der Waals surface area (Å²) in [5.41, 5.74) is 1.88. The maximum Gasteiger partial charge on any atom is 0.267 e. The third kappa shape index (κ3) is 5.41. The first kappa shape index (κ1) is 25.5. The van der Waals surface area contributed by atoms with Gasteiger partial charge in [0, 0.05) is 16.1 Å². The number of ether oxygens (including phenoxy) is 1. The molecule has 4 aromatic rings. The number of hydrogen-bond donors (Lipinski definition) is 1. The first-order valence-electron chi connectivity index (χ1n) is 11.8. The number of para-hydroxylation sites is 2. The number of amides is 1. The van der Waals surface area contributed by atoms with Crippen LogP contribution in [0.4, 0.5) is 11.4 Å². The van der Waals surface area contributed by atoms with Crippen molar-refractivity contribution in [2.75, 3.05) is 16.2 Å². The Hall–Kier alpha value is -4.14. The van der Waals surface area contributed by atoms with E-state index in [1.165, 1.54) is 16.4 Å². The Morgan fingerprint density at radius 3 is 2.29 bits per heavy atom. The lowest BCUT2D eigenvalue weighted by Crippen LogP contribution is -2.49. The number of carbonyl (C=O) groups is 2. The second-order valence-corrected chi connectivity index (χ2v) is 11.1. The van der Waals surface area contributed by atoms with Crippen LogP contribution in [-0.2, 0) is 20.6 Å². The fraction of sp³-hybridized carbons (Fsp3) is 0.103. The van der Waals surface area contributed by atoms with E-state index in [1.807, 2.05) is 6.07 Å². The van der Waals surface area contributed by atoms with Gasteiger partial charge in [-0.15, -0.1) is 0 Å². The van der Waals surface area contributed by atoms with Crippen LogP contribution in [0, 0.1) is 0 Å². The Balaban J connectivity index is 1.43. The molecule has 7 nitrogen and oxygen atoms in total. The normalized spacial score (nSPS) is 14.8.